The predicted octanol–water partition coefficient (Wildman–Crippen LogP) is 5.18. The molecule has 27 heavy (non-hydrogen) atoms. The highest BCUT2D eigenvalue weighted by molar-refractivity contribution is 14.1. The minimum Gasteiger partial charge on any atom is -0.434 e. The highest BCUT2D eigenvalue weighted by atomic mass is 127. The second-order valence-corrected chi connectivity index (χ2v) is 17.0. The molecule has 1 aromatic rings. The van der Waals surface area contributed by atoms with Crippen molar-refractivity contribution in [2.45, 2.75) is 79.6 Å². The Morgan fingerprint density at radius 3 is 2.11 bits per heavy atom. The topological polar surface area (TPSA) is 79.4 Å². The highest BCUT2D eigenvalue weighted by Gasteiger charge is 2.58. The summed E-state index contributed by atoms with van der Waals surface area (Å²) in [7, 11) is -1.16. The van der Waals surface area contributed by atoms with Gasteiger partial charge >= 0.3 is 6.09 Å². The van der Waals surface area contributed by atoms with E-state index >= 15 is 0 Å². The first kappa shape index (κ1) is 24.4. The molecule has 0 saturated heterocycles. The molecule has 2 N–H and O–H groups in total. The van der Waals surface area contributed by atoms with Crippen molar-refractivity contribution in [2.75, 3.05) is 6.61 Å². The summed E-state index contributed by atoms with van der Waals surface area (Å²) in [4.78, 5) is 16.6. The first-order valence-electron chi connectivity index (χ1n) is 9.30. The van der Waals surface area contributed by atoms with Crippen molar-refractivity contribution in [2.24, 2.45) is 16.6 Å². The van der Waals surface area contributed by atoms with Crippen molar-refractivity contribution in [3.63, 3.8) is 0 Å². The molecule has 0 saturated carbocycles. The number of nitrogens with two attached hydrogens (primary N) is 1. The molecule has 0 atom stereocenters. The number of rotatable bonds is 7. The van der Waals surface area contributed by atoms with Crippen LogP contribution in [0.3, 0.4) is 0 Å². The third-order valence-corrected chi connectivity index (χ3v) is 7.27. The number of aromatic nitrogens is 2. The summed E-state index contributed by atoms with van der Waals surface area (Å²) in [6.45, 7) is 20.3. The Balaban J connectivity index is 3.38. The van der Waals surface area contributed by atoms with Crippen molar-refractivity contribution in [3.8, 4) is 0 Å². The molecule has 0 aromatic carbocycles. The summed E-state index contributed by atoms with van der Waals surface area (Å²) in [6, 6.07) is 1.09. The molecule has 0 bridgehead atoms. The van der Waals surface area contributed by atoms with Gasteiger partial charge in [0.1, 0.15) is 10.4 Å². The summed E-state index contributed by atoms with van der Waals surface area (Å²) < 4.78 is 14.8. The molecule has 1 amide bonds. The molecule has 156 valence electrons. The van der Waals surface area contributed by atoms with E-state index in [9.17, 15) is 4.79 Å². The Morgan fingerprint density at radius 1 is 1.19 bits per heavy atom. The molecule has 0 fully saturated rings. The fourth-order valence-electron chi connectivity index (χ4n) is 3.59. The normalized spacial score (nSPS) is 13.7. The van der Waals surface area contributed by atoms with Gasteiger partial charge in [0.05, 0.1) is 6.20 Å². The van der Waals surface area contributed by atoms with E-state index in [-0.39, 0.29) is 0 Å². The number of hydrogen-bond acceptors (Lipinski definition) is 4. The van der Waals surface area contributed by atoms with Gasteiger partial charge in [0.2, 0.25) is 0 Å². The maximum Gasteiger partial charge on any atom is 0.405 e. The lowest BCUT2D eigenvalue weighted by molar-refractivity contribution is -0.155. The molecule has 1 heterocycles. The van der Waals surface area contributed by atoms with Gasteiger partial charge in [-0.3, -0.25) is 4.57 Å². The van der Waals surface area contributed by atoms with Crippen LogP contribution in [0.5, 0.6) is 0 Å². The Kier molecular flexibility index (Phi) is 7.60. The van der Waals surface area contributed by atoms with Crippen molar-refractivity contribution < 1.29 is 14.3 Å². The van der Waals surface area contributed by atoms with E-state index in [1.807, 2.05) is 46.1 Å². The van der Waals surface area contributed by atoms with E-state index in [1.165, 1.54) is 0 Å². The van der Waals surface area contributed by atoms with Gasteiger partial charge in [-0.05, 0) is 28.6 Å². The van der Waals surface area contributed by atoms with Crippen LogP contribution in [0.25, 0.3) is 0 Å². The molecular weight excluding hydrogens is 473 g/mol. The zero-order chi connectivity index (χ0) is 21.3. The van der Waals surface area contributed by atoms with Crippen LogP contribution in [0.15, 0.2) is 6.20 Å². The van der Waals surface area contributed by atoms with E-state index < -0.39 is 30.6 Å². The lowest BCUT2D eigenvalue weighted by Gasteiger charge is -2.51. The third-order valence-electron chi connectivity index (χ3n) is 4.70. The van der Waals surface area contributed by atoms with Gasteiger partial charge in [-0.2, -0.15) is 0 Å². The first-order chi connectivity index (χ1) is 12.0. The zero-order valence-corrected chi connectivity index (χ0v) is 21.4. The molecule has 0 aliphatic heterocycles. The van der Waals surface area contributed by atoms with Crippen LogP contribution in [-0.2, 0) is 21.8 Å². The van der Waals surface area contributed by atoms with E-state index in [0.29, 0.717) is 19.2 Å². The number of nitrogens with zero attached hydrogens (tertiary/aromatic N) is 2. The average Bonchev–Trinajstić information content (AvgIpc) is 2.78. The molecule has 0 aliphatic carbocycles. The zero-order valence-electron chi connectivity index (χ0n) is 18.3. The number of primary amides is 1. The highest BCUT2D eigenvalue weighted by Crippen LogP contribution is 2.53. The number of carbonyl (C=O) groups is 1. The van der Waals surface area contributed by atoms with Gasteiger partial charge < -0.3 is 15.2 Å². The lowest BCUT2D eigenvalue weighted by atomic mass is 9.61. The van der Waals surface area contributed by atoms with Gasteiger partial charge in [-0.25, -0.2) is 9.78 Å². The molecule has 0 aliphatic rings. The standard InChI is InChI=1S/C19H36IN3O3Si/c1-17(2,3)19(18(4,5)6,26-16(21)24)15-22-12-14(20)23(15)13-25-10-11-27(7,8)9/h12H,10-11,13H2,1-9H3,(H2,21,24). The van der Waals surface area contributed by atoms with Crippen molar-refractivity contribution in [1.29, 1.82) is 0 Å². The number of imidazole rings is 1. The van der Waals surface area contributed by atoms with E-state index in [2.05, 4.69) is 47.2 Å². The van der Waals surface area contributed by atoms with Crippen LogP contribution < -0.4 is 5.73 Å². The minimum atomic E-state index is -1.16. The van der Waals surface area contributed by atoms with Crippen LogP contribution in [0.4, 0.5) is 4.79 Å². The molecule has 0 radical (unpaired) electrons. The molecule has 8 heteroatoms. The van der Waals surface area contributed by atoms with Crippen LogP contribution in [0.2, 0.25) is 25.7 Å². The van der Waals surface area contributed by atoms with Crippen LogP contribution in [0, 0.1) is 14.5 Å². The van der Waals surface area contributed by atoms with Crippen molar-refractivity contribution >= 4 is 36.8 Å². The van der Waals surface area contributed by atoms with Gasteiger partial charge in [0.15, 0.2) is 11.4 Å². The van der Waals surface area contributed by atoms with Crippen molar-refractivity contribution in [3.05, 3.63) is 15.7 Å². The summed E-state index contributed by atoms with van der Waals surface area (Å²) >= 11 is 2.24. The Bertz CT molecular complexity index is 641. The van der Waals surface area contributed by atoms with Gasteiger partial charge in [0, 0.05) is 25.5 Å². The number of hydrogen-bond donors (Lipinski definition) is 1. The molecule has 6 nitrogen and oxygen atoms in total. The molecule has 1 aromatic heterocycles. The molecule has 1 rings (SSSR count). The summed E-state index contributed by atoms with van der Waals surface area (Å²) in [5.74, 6) is 0.665. The summed E-state index contributed by atoms with van der Waals surface area (Å²) in [5, 5.41) is 0. The number of halogens is 1. The fraction of sp³-hybridized carbons (Fsp3) is 0.789. The van der Waals surface area contributed by atoms with E-state index in [4.69, 9.17) is 15.2 Å². The van der Waals surface area contributed by atoms with E-state index in [1.54, 1.807) is 6.20 Å². The Labute approximate surface area is 178 Å². The predicted molar refractivity (Wildman–Crippen MR) is 120 cm³/mol. The SMILES string of the molecule is CC(C)(C)C(OC(N)=O)(c1ncc(I)n1COCC[Si](C)(C)C)C(C)(C)C. The molecular formula is C19H36IN3O3Si. The van der Waals surface area contributed by atoms with Crippen LogP contribution >= 0.6 is 22.6 Å². The monoisotopic (exact) mass is 509 g/mol. The number of carbonyl (C=O) groups excluding carboxylic acids is 1. The van der Waals surface area contributed by atoms with Gasteiger partial charge in [-0.15, -0.1) is 0 Å². The fourth-order valence-corrected chi connectivity index (χ4v) is 4.86. The quantitative estimate of drug-likeness (QED) is 0.312. The average molecular weight is 510 g/mol. The van der Waals surface area contributed by atoms with Gasteiger partial charge in [-0.1, -0.05) is 61.2 Å². The maximum absolute atomic E-state index is 11.9. The number of ether oxygens (including phenoxy) is 2. The van der Waals surface area contributed by atoms with Crippen molar-refractivity contribution in [1.82, 2.24) is 9.55 Å². The third kappa shape index (κ3) is 5.69. The molecule has 0 unspecified atom stereocenters. The van der Waals surface area contributed by atoms with Crippen LogP contribution in [-0.4, -0.2) is 30.3 Å². The first-order valence-corrected chi connectivity index (χ1v) is 14.1. The Morgan fingerprint density at radius 2 is 1.70 bits per heavy atom. The minimum absolute atomic E-state index is 0.369. The summed E-state index contributed by atoms with van der Waals surface area (Å²) in [6.07, 6.45) is 0.984. The second-order valence-electron chi connectivity index (χ2n) is 10.3. The maximum atomic E-state index is 11.9. The lowest BCUT2D eigenvalue weighted by Crippen LogP contribution is -2.55. The Hall–Kier alpha value is -0.613. The van der Waals surface area contributed by atoms with Gasteiger partial charge in [0.25, 0.3) is 0 Å². The molecule has 0 spiro atoms. The van der Waals surface area contributed by atoms with E-state index in [0.717, 1.165) is 9.74 Å². The van der Waals surface area contributed by atoms with Crippen LogP contribution in [0.1, 0.15) is 47.4 Å². The smallest absolute Gasteiger partial charge is 0.405 e. The number of amides is 1. The summed E-state index contributed by atoms with van der Waals surface area (Å²) in [5.41, 5.74) is 3.61. The second kappa shape index (κ2) is 8.40. The largest absolute Gasteiger partial charge is 0.434 e.